The third kappa shape index (κ3) is 1.94. The summed E-state index contributed by atoms with van der Waals surface area (Å²) in [6.07, 6.45) is 4.87. The number of amides is 2. The molecule has 2 aliphatic carbocycles. The minimum absolute atomic E-state index is 0.00339. The molecule has 0 unspecified atom stereocenters. The van der Waals surface area contributed by atoms with Gasteiger partial charge in [0.2, 0.25) is 11.8 Å². The average molecular weight is 278 g/mol. The Kier molecular flexibility index (Phi) is 2.81. The van der Waals surface area contributed by atoms with Gasteiger partial charge in [-0.2, -0.15) is 0 Å². The number of aliphatic hydroxyl groups is 1. The number of hydrogen-bond donors (Lipinski definition) is 1. The molecule has 0 spiro atoms. The molecule has 2 aliphatic heterocycles. The minimum atomic E-state index is -0.293. The van der Waals surface area contributed by atoms with Gasteiger partial charge in [0.1, 0.15) is 0 Å². The van der Waals surface area contributed by atoms with Crippen molar-refractivity contribution in [2.75, 3.05) is 13.1 Å². The largest absolute Gasteiger partial charge is 0.393 e. The third-order valence-corrected chi connectivity index (χ3v) is 5.51. The molecule has 0 bridgehead atoms. The highest BCUT2D eigenvalue weighted by atomic mass is 16.3. The van der Waals surface area contributed by atoms with Crippen LogP contribution >= 0.6 is 0 Å². The number of rotatable bonds is 3. The van der Waals surface area contributed by atoms with Crippen molar-refractivity contribution in [1.82, 2.24) is 9.80 Å². The Morgan fingerprint density at radius 1 is 1.20 bits per heavy atom. The molecule has 0 aromatic heterocycles. The number of nitrogens with zero attached hydrogens (tertiary/aromatic N) is 2. The first-order valence-electron chi connectivity index (χ1n) is 7.91. The quantitative estimate of drug-likeness (QED) is 0.811. The third-order valence-electron chi connectivity index (χ3n) is 5.51. The second kappa shape index (κ2) is 4.45. The van der Waals surface area contributed by atoms with E-state index in [1.165, 1.54) is 12.8 Å². The Morgan fingerprint density at radius 3 is 2.60 bits per heavy atom. The zero-order chi connectivity index (χ0) is 13.9. The fourth-order valence-corrected chi connectivity index (χ4v) is 4.04. The Bertz CT molecular complexity index is 442. The fourth-order valence-electron chi connectivity index (χ4n) is 4.04. The summed E-state index contributed by atoms with van der Waals surface area (Å²) < 4.78 is 0. The van der Waals surface area contributed by atoms with Gasteiger partial charge in [0, 0.05) is 25.4 Å². The second-order valence-electron chi connectivity index (χ2n) is 6.97. The molecule has 0 radical (unpaired) electrons. The van der Waals surface area contributed by atoms with Crippen LogP contribution in [0.1, 0.15) is 38.5 Å². The summed E-state index contributed by atoms with van der Waals surface area (Å²) in [4.78, 5) is 28.6. The van der Waals surface area contributed by atoms with Crippen molar-refractivity contribution in [3.63, 3.8) is 0 Å². The van der Waals surface area contributed by atoms with Crippen LogP contribution in [-0.4, -0.2) is 58.0 Å². The van der Waals surface area contributed by atoms with E-state index in [0.717, 1.165) is 19.5 Å². The van der Waals surface area contributed by atoms with Gasteiger partial charge in [-0.05, 0) is 38.0 Å². The van der Waals surface area contributed by atoms with Crippen molar-refractivity contribution in [2.45, 2.75) is 56.7 Å². The predicted molar refractivity (Wildman–Crippen MR) is 71.7 cm³/mol. The highest BCUT2D eigenvalue weighted by Gasteiger charge is 2.50. The Hall–Kier alpha value is -1.10. The number of hydrogen-bond acceptors (Lipinski definition) is 3. The van der Waals surface area contributed by atoms with Crippen LogP contribution in [0.4, 0.5) is 0 Å². The molecule has 4 fully saturated rings. The molecule has 20 heavy (non-hydrogen) atoms. The molecular weight excluding hydrogens is 256 g/mol. The van der Waals surface area contributed by atoms with Gasteiger partial charge in [-0.15, -0.1) is 0 Å². The molecule has 2 amide bonds. The number of fused-ring (bicyclic) bond motifs is 1. The van der Waals surface area contributed by atoms with Crippen LogP contribution in [0.15, 0.2) is 0 Å². The smallest absolute Gasteiger partial charge is 0.226 e. The van der Waals surface area contributed by atoms with Crippen LogP contribution in [0.2, 0.25) is 0 Å². The summed E-state index contributed by atoms with van der Waals surface area (Å²) in [5.74, 6) is 1.11. The Labute approximate surface area is 118 Å². The van der Waals surface area contributed by atoms with E-state index in [2.05, 4.69) is 0 Å². The maximum absolute atomic E-state index is 12.4. The van der Waals surface area contributed by atoms with E-state index in [-0.39, 0.29) is 35.9 Å². The molecule has 2 saturated heterocycles. The number of likely N-dealkylation sites (tertiary alicyclic amines) is 2. The number of carbonyl (C=O) groups is 2. The summed E-state index contributed by atoms with van der Waals surface area (Å²) in [5.41, 5.74) is 0. The van der Waals surface area contributed by atoms with Gasteiger partial charge in [0.15, 0.2) is 0 Å². The zero-order valence-electron chi connectivity index (χ0n) is 11.7. The molecule has 5 nitrogen and oxygen atoms in total. The van der Waals surface area contributed by atoms with Crippen LogP contribution < -0.4 is 0 Å². The van der Waals surface area contributed by atoms with Gasteiger partial charge in [0.05, 0.1) is 18.2 Å². The molecule has 2 atom stereocenters. The Balaban J connectivity index is 1.44. The minimum Gasteiger partial charge on any atom is -0.393 e. The summed E-state index contributed by atoms with van der Waals surface area (Å²) in [5, 5.41) is 9.35. The van der Waals surface area contributed by atoms with E-state index >= 15 is 0 Å². The number of carbonyl (C=O) groups excluding carboxylic acids is 2. The summed E-state index contributed by atoms with van der Waals surface area (Å²) in [6, 6.07) is 0.364. The number of aliphatic hydroxyl groups excluding tert-OH is 1. The molecule has 2 saturated carbocycles. The maximum atomic E-state index is 12.4. The van der Waals surface area contributed by atoms with Crippen molar-refractivity contribution in [1.29, 1.82) is 0 Å². The first-order valence-corrected chi connectivity index (χ1v) is 7.91. The van der Waals surface area contributed by atoms with Gasteiger partial charge < -0.3 is 14.9 Å². The van der Waals surface area contributed by atoms with E-state index in [1.807, 2.05) is 9.80 Å². The van der Waals surface area contributed by atoms with E-state index in [0.29, 0.717) is 25.2 Å². The normalized spacial score (nSPS) is 40.0. The zero-order valence-corrected chi connectivity index (χ0v) is 11.7. The van der Waals surface area contributed by atoms with E-state index < -0.39 is 0 Å². The highest BCUT2D eigenvalue weighted by Crippen LogP contribution is 2.39. The standard InChI is InChI=1S/C15H22N2O3/c18-11-5-10(6-11)15(20)16-4-3-12-13(16)7-14(19)17(12)8-9-1-2-9/h9-13,18H,1-8H2/t10?,11?,12-,13+/m1/s1. The lowest BCUT2D eigenvalue weighted by atomic mass is 9.81. The van der Waals surface area contributed by atoms with Crippen molar-refractivity contribution in [2.24, 2.45) is 11.8 Å². The first-order chi connectivity index (χ1) is 9.63. The monoisotopic (exact) mass is 278 g/mol. The van der Waals surface area contributed by atoms with Crippen LogP contribution in [0.3, 0.4) is 0 Å². The van der Waals surface area contributed by atoms with Gasteiger partial charge in [0.25, 0.3) is 0 Å². The van der Waals surface area contributed by atoms with E-state index in [1.54, 1.807) is 0 Å². The lowest BCUT2D eigenvalue weighted by Crippen LogP contribution is -2.47. The van der Waals surface area contributed by atoms with Crippen LogP contribution in [0, 0.1) is 11.8 Å². The predicted octanol–water partition coefficient (Wildman–Crippen LogP) is 0.369. The topological polar surface area (TPSA) is 60.9 Å². The lowest BCUT2D eigenvalue weighted by molar-refractivity contribution is -0.143. The van der Waals surface area contributed by atoms with Gasteiger partial charge in [-0.3, -0.25) is 9.59 Å². The molecule has 4 rings (SSSR count). The summed E-state index contributed by atoms with van der Waals surface area (Å²) >= 11 is 0. The molecule has 0 aromatic rings. The van der Waals surface area contributed by atoms with Gasteiger partial charge in [-0.1, -0.05) is 0 Å². The van der Waals surface area contributed by atoms with E-state index in [4.69, 9.17) is 0 Å². The van der Waals surface area contributed by atoms with Crippen LogP contribution in [0.5, 0.6) is 0 Å². The van der Waals surface area contributed by atoms with Gasteiger partial charge >= 0.3 is 0 Å². The van der Waals surface area contributed by atoms with Crippen molar-refractivity contribution >= 4 is 11.8 Å². The average Bonchev–Trinajstić information content (AvgIpc) is 3.04. The molecule has 0 aromatic carbocycles. The van der Waals surface area contributed by atoms with Crippen molar-refractivity contribution in [3.8, 4) is 0 Å². The van der Waals surface area contributed by atoms with Crippen molar-refractivity contribution in [3.05, 3.63) is 0 Å². The summed E-state index contributed by atoms with van der Waals surface area (Å²) in [7, 11) is 0. The van der Waals surface area contributed by atoms with Crippen molar-refractivity contribution < 1.29 is 14.7 Å². The second-order valence-corrected chi connectivity index (χ2v) is 6.97. The molecule has 5 heteroatoms. The molecular formula is C15H22N2O3. The van der Waals surface area contributed by atoms with Gasteiger partial charge in [-0.25, -0.2) is 0 Å². The SMILES string of the molecule is O=C1C[C@H]2[C@@H](CCN2C(=O)C2CC(O)C2)N1CC1CC1. The molecule has 1 N–H and O–H groups in total. The molecule has 110 valence electrons. The maximum Gasteiger partial charge on any atom is 0.226 e. The highest BCUT2D eigenvalue weighted by molar-refractivity contribution is 5.85. The van der Waals surface area contributed by atoms with Crippen LogP contribution in [0.25, 0.3) is 0 Å². The lowest BCUT2D eigenvalue weighted by Gasteiger charge is -2.35. The van der Waals surface area contributed by atoms with Crippen LogP contribution in [-0.2, 0) is 9.59 Å². The first kappa shape index (κ1) is 12.6. The van der Waals surface area contributed by atoms with E-state index in [9.17, 15) is 14.7 Å². The molecule has 2 heterocycles. The summed E-state index contributed by atoms with van der Waals surface area (Å²) in [6.45, 7) is 1.69. The Morgan fingerprint density at radius 2 is 1.95 bits per heavy atom. The fraction of sp³-hybridized carbons (Fsp3) is 0.867. The molecule has 4 aliphatic rings.